The normalized spacial score (nSPS) is 23.6. The molecule has 1 aromatic carbocycles. The molecule has 1 aromatic rings. The Morgan fingerprint density at radius 2 is 2.38 bits per heavy atom. The van der Waals surface area contributed by atoms with E-state index < -0.39 is 5.60 Å². The summed E-state index contributed by atoms with van der Waals surface area (Å²) in [6, 6.07) is 5.91. The van der Waals surface area contributed by atoms with E-state index in [4.69, 9.17) is 4.74 Å². The molecule has 16 heavy (non-hydrogen) atoms. The summed E-state index contributed by atoms with van der Waals surface area (Å²) in [6.07, 6.45) is 4.40. The van der Waals surface area contributed by atoms with Gasteiger partial charge in [-0.3, -0.25) is 0 Å². The van der Waals surface area contributed by atoms with Crippen LogP contribution in [-0.4, -0.2) is 11.7 Å². The molecule has 0 amide bonds. The van der Waals surface area contributed by atoms with E-state index in [0.29, 0.717) is 6.61 Å². The summed E-state index contributed by atoms with van der Waals surface area (Å²) >= 11 is 0. The zero-order valence-corrected chi connectivity index (χ0v) is 9.70. The lowest BCUT2D eigenvalue weighted by Crippen LogP contribution is -2.28. The predicted molar refractivity (Wildman–Crippen MR) is 64.6 cm³/mol. The number of hydrogen-bond donors (Lipinski definition) is 1. The van der Waals surface area contributed by atoms with E-state index in [2.05, 4.69) is 6.58 Å². The highest BCUT2D eigenvalue weighted by Gasteiger charge is 2.31. The number of ether oxygens (including phenoxy) is 1. The van der Waals surface area contributed by atoms with Crippen molar-refractivity contribution in [2.45, 2.75) is 31.8 Å². The Morgan fingerprint density at radius 3 is 3.06 bits per heavy atom. The van der Waals surface area contributed by atoms with Crippen LogP contribution < -0.4 is 4.74 Å². The van der Waals surface area contributed by atoms with Crippen molar-refractivity contribution in [1.82, 2.24) is 0 Å². The lowest BCUT2D eigenvalue weighted by atomic mass is 9.79. The largest absolute Gasteiger partial charge is 0.494 e. The first-order chi connectivity index (χ1) is 7.69. The smallest absolute Gasteiger partial charge is 0.119 e. The molecule has 0 bridgehead atoms. The predicted octanol–water partition coefficient (Wildman–Crippen LogP) is 2.80. The average molecular weight is 218 g/mol. The van der Waals surface area contributed by atoms with Gasteiger partial charge < -0.3 is 9.84 Å². The SMILES string of the molecule is C=CC1(O)CCCc2cc(OCC)ccc21. The number of hydrogen-bond acceptors (Lipinski definition) is 2. The van der Waals surface area contributed by atoms with Crippen LogP contribution in [0, 0.1) is 0 Å². The van der Waals surface area contributed by atoms with Gasteiger partial charge in [0, 0.05) is 0 Å². The number of fused-ring (bicyclic) bond motifs is 1. The number of benzene rings is 1. The molecule has 2 nitrogen and oxygen atoms in total. The highest BCUT2D eigenvalue weighted by Crippen LogP contribution is 2.37. The maximum atomic E-state index is 10.4. The van der Waals surface area contributed by atoms with Gasteiger partial charge in [0.25, 0.3) is 0 Å². The number of aryl methyl sites for hydroxylation is 1. The summed E-state index contributed by atoms with van der Waals surface area (Å²) in [5, 5.41) is 10.4. The molecule has 86 valence electrons. The zero-order valence-electron chi connectivity index (χ0n) is 9.70. The molecule has 2 heteroatoms. The van der Waals surface area contributed by atoms with E-state index in [-0.39, 0.29) is 0 Å². The van der Waals surface area contributed by atoms with Gasteiger partial charge in [0.2, 0.25) is 0 Å². The minimum absolute atomic E-state index is 0.671. The molecule has 2 rings (SSSR count). The third-order valence-electron chi connectivity index (χ3n) is 3.20. The standard InChI is InChI=1S/C14H18O2/c1-3-14(15)9-5-6-11-10-12(16-4-2)7-8-13(11)14/h3,7-8,10,15H,1,4-6,9H2,2H3. The van der Waals surface area contributed by atoms with E-state index in [1.54, 1.807) is 6.08 Å². The van der Waals surface area contributed by atoms with Crippen molar-refractivity contribution >= 4 is 0 Å². The van der Waals surface area contributed by atoms with Gasteiger partial charge in [-0.05, 0) is 49.4 Å². The molecule has 0 aromatic heterocycles. The first-order valence-corrected chi connectivity index (χ1v) is 5.82. The fourth-order valence-electron chi connectivity index (χ4n) is 2.35. The van der Waals surface area contributed by atoms with Crippen molar-refractivity contribution in [2.75, 3.05) is 6.61 Å². The zero-order chi connectivity index (χ0) is 11.6. The molecule has 0 aliphatic heterocycles. The topological polar surface area (TPSA) is 29.5 Å². The van der Waals surface area contributed by atoms with Gasteiger partial charge in [0.15, 0.2) is 0 Å². The van der Waals surface area contributed by atoms with Crippen LogP contribution in [0.3, 0.4) is 0 Å². The van der Waals surface area contributed by atoms with E-state index in [0.717, 1.165) is 30.6 Å². The summed E-state index contributed by atoms with van der Waals surface area (Å²) in [5.74, 6) is 0.884. The van der Waals surface area contributed by atoms with Crippen LogP contribution in [0.1, 0.15) is 30.9 Å². The van der Waals surface area contributed by atoms with Crippen molar-refractivity contribution in [2.24, 2.45) is 0 Å². The van der Waals surface area contributed by atoms with Gasteiger partial charge in [0.05, 0.1) is 6.61 Å². The quantitative estimate of drug-likeness (QED) is 0.790. The Balaban J connectivity index is 2.40. The van der Waals surface area contributed by atoms with Crippen LogP contribution in [0.2, 0.25) is 0 Å². The first-order valence-electron chi connectivity index (χ1n) is 5.82. The van der Waals surface area contributed by atoms with Crippen LogP contribution in [0.15, 0.2) is 30.9 Å². The molecule has 1 unspecified atom stereocenters. The molecule has 0 spiro atoms. The van der Waals surface area contributed by atoms with E-state index in [1.165, 1.54) is 5.56 Å². The molecule has 0 radical (unpaired) electrons. The summed E-state index contributed by atoms with van der Waals surface area (Å²) in [7, 11) is 0. The fraction of sp³-hybridized carbons (Fsp3) is 0.429. The minimum Gasteiger partial charge on any atom is -0.494 e. The summed E-state index contributed by atoms with van der Waals surface area (Å²) < 4.78 is 5.47. The fourth-order valence-corrected chi connectivity index (χ4v) is 2.35. The molecular weight excluding hydrogens is 200 g/mol. The van der Waals surface area contributed by atoms with Crippen LogP contribution in [-0.2, 0) is 12.0 Å². The third-order valence-corrected chi connectivity index (χ3v) is 3.20. The highest BCUT2D eigenvalue weighted by molar-refractivity contribution is 5.42. The van der Waals surface area contributed by atoms with Crippen LogP contribution >= 0.6 is 0 Å². The summed E-state index contributed by atoms with van der Waals surface area (Å²) in [4.78, 5) is 0. The van der Waals surface area contributed by atoms with E-state index in [9.17, 15) is 5.11 Å². The Bertz CT molecular complexity index is 398. The maximum Gasteiger partial charge on any atom is 0.119 e. The molecule has 1 atom stereocenters. The monoisotopic (exact) mass is 218 g/mol. The second kappa shape index (κ2) is 4.30. The summed E-state index contributed by atoms with van der Waals surface area (Å²) in [6.45, 7) is 6.38. The number of rotatable bonds is 3. The van der Waals surface area contributed by atoms with Gasteiger partial charge in [-0.2, -0.15) is 0 Å². The Labute approximate surface area is 96.6 Å². The second-order valence-electron chi connectivity index (χ2n) is 4.23. The second-order valence-corrected chi connectivity index (χ2v) is 4.23. The maximum absolute atomic E-state index is 10.4. The van der Waals surface area contributed by atoms with Crippen molar-refractivity contribution in [3.8, 4) is 5.75 Å². The lowest BCUT2D eigenvalue weighted by Gasteiger charge is -2.32. The average Bonchev–Trinajstić information content (AvgIpc) is 2.30. The van der Waals surface area contributed by atoms with Crippen molar-refractivity contribution in [3.05, 3.63) is 42.0 Å². The molecule has 0 saturated heterocycles. The van der Waals surface area contributed by atoms with Crippen molar-refractivity contribution in [3.63, 3.8) is 0 Å². The lowest BCUT2D eigenvalue weighted by molar-refractivity contribution is 0.0702. The third kappa shape index (κ3) is 1.85. The van der Waals surface area contributed by atoms with Gasteiger partial charge in [-0.1, -0.05) is 18.7 Å². The van der Waals surface area contributed by atoms with Crippen molar-refractivity contribution < 1.29 is 9.84 Å². The van der Waals surface area contributed by atoms with Gasteiger partial charge >= 0.3 is 0 Å². The highest BCUT2D eigenvalue weighted by atomic mass is 16.5. The van der Waals surface area contributed by atoms with Crippen LogP contribution in [0.4, 0.5) is 0 Å². The molecule has 1 N–H and O–H groups in total. The van der Waals surface area contributed by atoms with Crippen LogP contribution in [0.5, 0.6) is 5.75 Å². The van der Waals surface area contributed by atoms with Gasteiger partial charge in [-0.25, -0.2) is 0 Å². The molecule has 0 heterocycles. The summed E-state index contributed by atoms with van der Waals surface area (Å²) in [5.41, 5.74) is 1.31. The van der Waals surface area contributed by atoms with Crippen molar-refractivity contribution in [1.29, 1.82) is 0 Å². The Morgan fingerprint density at radius 1 is 1.56 bits per heavy atom. The van der Waals surface area contributed by atoms with E-state index in [1.807, 2.05) is 25.1 Å². The Hall–Kier alpha value is -1.28. The minimum atomic E-state index is -0.849. The van der Waals surface area contributed by atoms with Gasteiger partial charge in [-0.15, -0.1) is 0 Å². The molecule has 0 fully saturated rings. The Kier molecular flexibility index (Phi) is 3.01. The van der Waals surface area contributed by atoms with Gasteiger partial charge in [0.1, 0.15) is 11.4 Å². The molecule has 1 aliphatic carbocycles. The molecular formula is C14H18O2. The molecule has 1 aliphatic rings. The molecule has 0 saturated carbocycles. The van der Waals surface area contributed by atoms with Crippen LogP contribution in [0.25, 0.3) is 0 Å². The number of aliphatic hydroxyl groups is 1. The van der Waals surface area contributed by atoms with E-state index >= 15 is 0 Å². The first kappa shape index (κ1) is 11.2.